The monoisotopic (exact) mass is 313 g/mol. The Balaban J connectivity index is 2.36. The van der Waals surface area contributed by atoms with Gasteiger partial charge in [0.25, 0.3) is 0 Å². The van der Waals surface area contributed by atoms with Crippen LogP contribution in [0.2, 0.25) is 10.2 Å². The van der Waals surface area contributed by atoms with Crippen LogP contribution in [-0.4, -0.2) is 8.75 Å². The van der Waals surface area contributed by atoms with Crippen molar-refractivity contribution in [2.24, 2.45) is 0 Å². The first kappa shape index (κ1) is 13.4. The maximum atomic E-state index is 12.5. The average molecular weight is 314 g/mol. The molecule has 0 fully saturated rings. The molecule has 0 spiro atoms. The molecular weight excluding hydrogens is 310 g/mol. The van der Waals surface area contributed by atoms with Gasteiger partial charge in [0.15, 0.2) is 11.0 Å². The molecule has 9 heteroatoms. The van der Waals surface area contributed by atoms with Crippen LogP contribution in [-0.2, 0) is 6.18 Å². The fourth-order valence-electron chi connectivity index (χ4n) is 1.18. The number of alkyl halides is 3. The van der Waals surface area contributed by atoms with E-state index in [0.29, 0.717) is 0 Å². The highest BCUT2D eigenvalue weighted by Crippen LogP contribution is 2.35. The van der Waals surface area contributed by atoms with Crippen molar-refractivity contribution in [2.75, 3.05) is 5.32 Å². The number of benzene rings is 1. The second-order valence-electron chi connectivity index (χ2n) is 3.22. The lowest BCUT2D eigenvalue weighted by Gasteiger charge is -2.10. The van der Waals surface area contributed by atoms with E-state index < -0.39 is 11.7 Å². The highest BCUT2D eigenvalue weighted by atomic mass is 35.5. The minimum atomic E-state index is -4.44. The van der Waals surface area contributed by atoms with Gasteiger partial charge in [0.2, 0.25) is 0 Å². The molecule has 0 bridgehead atoms. The lowest BCUT2D eigenvalue weighted by Crippen LogP contribution is -2.05. The summed E-state index contributed by atoms with van der Waals surface area (Å²) in [6.07, 6.45) is -4.44. The molecule has 3 nitrogen and oxygen atoms in total. The van der Waals surface area contributed by atoms with Gasteiger partial charge < -0.3 is 5.32 Å². The second-order valence-corrected chi connectivity index (χ2v) is 4.51. The van der Waals surface area contributed by atoms with Crippen molar-refractivity contribution < 1.29 is 13.2 Å². The molecule has 1 N–H and O–H groups in total. The number of aromatic nitrogens is 2. The lowest BCUT2D eigenvalue weighted by molar-refractivity contribution is -0.137. The van der Waals surface area contributed by atoms with Crippen LogP contribution < -0.4 is 5.32 Å². The molecule has 2 aromatic rings. The molecule has 0 amide bonds. The number of anilines is 2. The van der Waals surface area contributed by atoms with Crippen LogP contribution in [0, 0.1) is 0 Å². The number of nitrogens with one attached hydrogen (secondary N) is 1. The van der Waals surface area contributed by atoms with E-state index in [1.54, 1.807) is 0 Å². The smallest absolute Gasteiger partial charge is 0.336 e. The average Bonchev–Trinajstić information content (AvgIpc) is 2.66. The number of nitrogens with zero attached hydrogens (tertiary/aromatic N) is 2. The maximum absolute atomic E-state index is 12.5. The largest absolute Gasteiger partial charge is 0.416 e. The molecule has 0 aliphatic heterocycles. The molecule has 0 aliphatic rings. The molecule has 0 radical (unpaired) electrons. The summed E-state index contributed by atoms with van der Waals surface area (Å²) in [5.74, 6) is 0.169. The molecule has 18 heavy (non-hydrogen) atoms. The van der Waals surface area contributed by atoms with E-state index in [9.17, 15) is 13.2 Å². The number of halogens is 5. The van der Waals surface area contributed by atoms with Gasteiger partial charge >= 0.3 is 6.18 Å². The highest BCUT2D eigenvalue weighted by molar-refractivity contribution is 6.99. The van der Waals surface area contributed by atoms with Gasteiger partial charge in [-0.25, -0.2) is 0 Å². The summed E-state index contributed by atoms with van der Waals surface area (Å²) in [5.41, 5.74) is -0.741. The highest BCUT2D eigenvalue weighted by Gasteiger charge is 2.31. The molecular formula is C9H4Cl2F3N3S. The Bertz CT molecular complexity index is 570. The Kier molecular flexibility index (Phi) is 3.65. The summed E-state index contributed by atoms with van der Waals surface area (Å²) in [6.45, 7) is 0. The van der Waals surface area contributed by atoms with Crippen LogP contribution in [0.25, 0.3) is 0 Å². The topological polar surface area (TPSA) is 37.8 Å². The van der Waals surface area contributed by atoms with Gasteiger partial charge in [-0.2, -0.15) is 21.9 Å². The van der Waals surface area contributed by atoms with Crippen molar-refractivity contribution in [1.29, 1.82) is 0 Å². The van der Waals surface area contributed by atoms with Crippen LogP contribution in [0.3, 0.4) is 0 Å². The van der Waals surface area contributed by atoms with E-state index in [2.05, 4.69) is 14.1 Å². The fourth-order valence-corrected chi connectivity index (χ4v) is 1.99. The van der Waals surface area contributed by atoms with E-state index in [0.717, 1.165) is 29.9 Å². The third-order valence-corrected chi connectivity index (χ3v) is 3.22. The van der Waals surface area contributed by atoms with Gasteiger partial charge in [-0.15, -0.1) is 0 Å². The second kappa shape index (κ2) is 4.91. The third kappa shape index (κ3) is 2.85. The Labute approximate surface area is 114 Å². The first-order valence-corrected chi connectivity index (χ1v) is 5.98. The van der Waals surface area contributed by atoms with Crippen LogP contribution in [0.5, 0.6) is 0 Å². The normalized spacial score (nSPS) is 11.6. The maximum Gasteiger partial charge on any atom is 0.416 e. The Morgan fingerprint density at radius 1 is 1.17 bits per heavy atom. The molecule has 0 aliphatic carbocycles. The quantitative estimate of drug-likeness (QED) is 0.880. The minimum absolute atomic E-state index is 0.0705. The number of hydrogen-bond acceptors (Lipinski definition) is 4. The van der Waals surface area contributed by atoms with Gasteiger partial charge in [-0.3, -0.25) is 0 Å². The van der Waals surface area contributed by atoms with Crippen molar-refractivity contribution in [2.45, 2.75) is 6.18 Å². The Morgan fingerprint density at radius 2 is 1.89 bits per heavy atom. The summed E-state index contributed by atoms with van der Waals surface area (Å²) < 4.78 is 45.1. The molecule has 1 aromatic carbocycles. The summed E-state index contributed by atoms with van der Waals surface area (Å²) in [7, 11) is 0. The number of hydrogen-bond donors (Lipinski definition) is 1. The van der Waals surface area contributed by atoms with E-state index in [1.165, 1.54) is 0 Å². The number of rotatable bonds is 2. The van der Waals surface area contributed by atoms with Gasteiger partial charge in [-0.1, -0.05) is 23.2 Å². The van der Waals surface area contributed by atoms with Crippen molar-refractivity contribution in [1.82, 2.24) is 8.75 Å². The first-order chi connectivity index (χ1) is 8.38. The van der Waals surface area contributed by atoms with E-state index in [-0.39, 0.29) is 21.7 Å². The Hall–Kier alpha value is -1.05. The zero-order valence-electron chi connectivity index (χ0n) is 8.42. The molecule has 0 saturated carbocycles. The summed E-state index contributed by atoms with van der Waals surface area (Å²) >= 11 is 12.3. The zero-order valence-corrected chi connectivity index (χ0v) is 10.8. The van der Waals surface area contributed by atoms with Gasteiger partial charge in [0, 0.05) is 0 Å². The Morgan fingerprint density at radius 3 is 2.44 bits per heavy atom. The van der Waals surface area contributed by atoms with Crippen LogP contribution in [0.1, 0.15) is 5.56 Å². The standard InChI is InChI=1S/C9H4Cl2F3N3S/c10-5-2-1-4(9(12,13)14)3-6(5)15-8-7(11)16-18-17-8/h1-3H,(H,15,17). The van der Waals surface area contributed by atoms with Crippen molar-refractivity contribution in [3.8, 4) is 0 Å². The predicted octanol–water partition coefficient (Wildman–Crippen LogP) is 4.61. The van der Waals surface area contributed by atoms with E-state index in [1.807, 2.05) is 0 Å². The molecule has 0 unspecified atom stereocenters. The summed E-state index contributed by atoms with van der Waals surface area (Å²) in [5, 5.41) is 2.81. The lowest BCUT2D eigenvalue weighted by atomic mass is 10.2. The van der Waals surface area contributed by atoms with Gasteiger partial charge in [0.05, 0.1) is 28.0 Å². The van der Waals surface area contributed by atoms with Crippen LogP contribution in [0.15, 0.2) is 18.2 Å². The minimum Gasteiger partial charge on any atom is -0.336 e. The SMILES string of the molecule is FC(F)(F)c1ccc(Cl)c(Nc2nsnc2Cl)c1. The van der Waals surface area contributed by atoms with Crippen molar-refractivity contribution in [3.63, 3.8) is 0 Å². The summed E-state index contributed by atoms with van der Waals surface area (Å²) in [6, 6.07) is 2.94. The summed E-state index contributed by atoms with van der Waals surface area (Å²) in [4.78, 5) is 0. The van der Waals surface area contributed by atoms with Crippen molar-refractivity contribution in [3.05, 3.63) is 33.9 Å². The van der Waals surface area contributed by atoms with Crippen LogP contribution in [0.4, 0.5) is 24.7 Å². The fraction of sp³-hybridized carbons (Fsp3) is 0.111. The molecule has 0 atom stereocenters. The molecule has 1 aromatic heterocycles. The van der Waals surface area contributed by atoms with Gasteiger partial charge in [-0.05, 0) is 18.2 Å². The predicted molar refractivity (Wildman–Crippen MR) is 64.7 cm³/mol. The zero-order chi connectivity index (χ0) is 13.3. The van der Waals surface area contributed by atoms with Gasteiger partial charge in [0.1, 0.15) is 0 Å². The van der Waals surface area contributed by atoms with Crippen molar-refractivity contribution >= 4 is 46.4 Å². The molecule has 0 saturated heterocycles. The molecule has 2 rings (SSSR count). The van der Waals surface area contributed by atoms with Crippen LogP contribution >= 0.6 is 34.9 Å². The molecule has 96 valence electrons. The third-order valence-electron chi connectivity index (χ3n) is 2.00. The molecule has 1 heterocycles. The van der Waals surface area contributed by atoms with E-state index >= 15 is 0 Å². The first-order valence-electron chi connectivity index (χ1n) is 4.50. The van der Waals surface area contributed by atoms with E-state index in [4.69, 9.17) is 23.2 Å².